The number of carbonyl (C=O) groups excluding carboxylic acids is 2. The first-order valence-electron chi connectivity index (χ1n) is 5.74. The highest BCUT2D eigenvalue weighted by Gasteiger charge is 2.10. The summed E-state index contributed by atoms with van der Waals surface area (Å²) >= 11 is 0. The molecule has 0 aliphatic rings. The summed E-state index contributed by atoms with van der Waals surface area (Å²) in [5.74, 6) is -0.992. The molecule has 1 aromatic rings. The number of benzene rings is 1. The number of nitrogens with two attached hydrogens (primary N) is 1. The molecule has 0 heterocycles. The van der Waals surface area contributed by atoms with E-state index in [4.69, 9.17) is 5.73 Å². The minimum Gasteiger partial charge on any atom is -0.434 e. The van der Waals surface area contributed by atoms with Gasteiger partial charge in [-0.2, -0.15) is 8.78 Å². The van der Waals surface area contributed by atoms with Crippen LogP contribution in [0.5, 0.6) is 5.75 Å². The first-order valence-corrected chi connectivity index (χ1v) is 5.74. The van der Waals surface area contributed by atoms with Crippen molar-refractivity contribution in [2.75, 3.05) is 18.4 Å². The first-order chi connectivity index (χ1) is 9.42. The number of halogens is 3. The minimum absolute atomic E-state index is 0. The molecule has 6 nitrogen and oxygen atoms in total. The molecule has 2 amide bonds. The molecule has 0 fully saturated rings. The Hall–Kier alpha value is -1.93. The third-order valence-corrected chi connectivity index (χ3v) is 2.32. The molecule has 0 aliphatic carbocycles. The SMILES string of the molecule is Cc1ccc(NC(=O)CNC(=O)CN)cc1OC(F)F.Cl. The number of nitrogens with one attached hydrogen (secondary N) is 2. The van der Waals surface area contributed by atoms with Gasteiger partial charge in [-0.25, -0.2) is 0 Å². The van der Waals surface area contributed by atoms with Crippen molar-refractivity contribution >= 4 is 29.9 Å². The second-order valence-electron chi connectivity index (χ2n) is 3.89. The largest absolute Gasteiger partial charge is 0.434 e. The normalized spacial score (nSPS) is 9.76. The second-order valence-corrected chi connectivity index (χ2v) is 3.89. The Balaban J connectivity index is 0.00000400. The topological polar surface area (TPSA) is 93.5 Å². The molecule has 0 radical (unpaired) electrons. The van der Waals surface area contributed by atoms with E-state index in [1.54, 1.807) is 6.92 Å². The summed E-state index contributed by atoms with van der Waals surface area (Å²) in [5, 5.41) is 4.73. The molecular weight excluding hydrogens is 308 g/mol. The van der Waals surface area contributed by atoms with Crippen molar-refractivity contribution in [3.05, 3.63) is 23.8 Å². The van der Waals surface area contributed by atoms with Gasteiger partial charge in [0.05, 0.1) is 13.1 Å². The summed E-state index contributed by atoms with van der Waals surface area (Å²) in [4.78, 5) is 22.4. The fourth-order valence-electron chi connectivity index (χ4n) is 1.36. The van der Waals surface area contributed by atoms with E-state index in [2.05, 4.69) is 15.4 Å². The van der Waals surface area contributed by atoms with Gasteiger partial charge in [-0.3, -0.25) is 9.59 Å². The van der Waals surface area contributed by atoms with E-state index in [-0.39, 0.29) is 31.2 Å². The molecule has 0 aliphatic heterocycles. The maximum absolute atomic E-state index is 12.2. The zero-order valence-electron chi connectivity index (χ0n) is 11.2. The lowest BCUT2D eigenvalue weighted by atomic mass is 10.2. The molecule has 0 saturated heterocycles. The number of anilines is 1. The van der Waals surface area contributed by atoms with Crippen LogP contribution < -0.4 is 21.1 Å². The van der Waals surface area contributed by atoms with E-state index in [0.29, 0.717) is 11.3 Å². The van der Waals surface area contributed by atoms with Gasteiger partial charge in [0.15, 0.2) is 0 Å². The van der Waals surface area contributed by atoms with Crippen LogP contribution >= 0.6 is 12.4 Å². The van der Waals surface area contributed by atoms with Gasteiger partial charge < -0.3 is 21.1 Å². The fraction of sp³-hybridized carbons (Fsp3) is 0.333. The molecule has 9 heteroatoms. The molecule has 21 heavy (non-hydrogen) atoms. The van der Waals surface area contributed by atoms with Gasteiger partial charge in [0.1, 0.15) is 5.75 Å². The molecule has 0 saturated carbocycles. The highest BCUT2D eigenvalue weighted by Crippen LogP contribution is 2.24. The van der Waals surface area contributed by atoms with Crippen LogP contribution in [-0.4, -0.2) is 31.5 Å². The van der Waals surface area contributed by atoms with Gasteiger partial charge >= 0.3 is 6.61 Å². The maximum atomic E-state index is 12.2. The van der Waals surface area contributed by atoms with Gasteiger partial charge in [0.2, 0.25) is 11.8 Å². The van der Waals surface area contributed by atoms with Crippen LogP contribution in [0.4, 0.5) is 14.5 Å². The van der Waals surface area contributed by atoms with Crippen LogP contribution in [0, 0.1) is 6.92 Å². The molecule has 0 aromatic heterocycles. The molecule has 0 atom stereocenters. The number of alkyl halides is 2. The lowest BCUT2D eigenvalue weighted by molar-refractivity contribution is -0.123. The van der Waals surface area contributed by atoms with Gasteiger partial charge in [-0.15, -0.1) is 12.4 Å². The molecule has 118 valence electrons. The van der Waals surface area contributed by atoms with E-state index in [1.807, 2.05) is 0 Å². The van der Waals surface area contributed by atoms with Gasteiger partial charge in [0, 0.05) is 11.8 Å². The van der Waals surface area contributed by atoms with Crippen molar-refractivity contribution in [1.82, 2.24) is 5.32 Å². The maximum Gasteiger partial charge on any atom is 0.387 e. The Morgan fingerprint density at radius 2 is 2.00 bits per heavy atom. The third kappa shape index (κ3) is 6.87. The van der Waals surface area contributed by atoms with Crippen molar-refractivity contribution in [1.29, 1.82) is 0 Å². The average molecular weight is 324 g/mol. The highest BCUT2D eigenvalue weighted by molar-refractivity contribution is 5.94. The van der Waals surface area contributed by atoms with E-state index < -0.39 is 18.4 Å². The van der Waals surface area contributed by atoms with Crippen LogP contribution in [-0.2, 0) is 9.59 Å². The van der Waals surface area contributed by atoms with Gasteiger partial charge in [-0.1, -0.05) is 6.07 Å². The predicted molar refractivity (Wildman–Crippen MR) is 75.8 cm³/mol. The molecular formula is C12H16ClF2N3O3. The Labute approximate surface area is 126 Å². The van der Waals surface area contributed by atoms with Crippen LogP contribution in [0.25, 0.3) is 0 Å². The lowest BCUT2D eigenvalue weighted by Gasteiger charge is -2.11. The van der Waals surface area contributed by atoms with Gasteiger partial charge in [0.25, 0.3) is 0 Å². The van der Waals surface area contributed by atoms with Crippen molar-refractivity contribution in [3.8, 4) is 5.75 Å². The van der Waals surface area contributed by atoms with E-state index in [1.165, 1.54) is 18.2 Å². The van der Waals surface area contributed by atoms with E-state index in [9.17, 15) is 18.4 Å². The Bertz CT molecular complexity index is 501. The Morgan fingerprint density at radius 3 is 2.57 bits per heavy atom. The predicted octanol–water partition coefficient (Wildman–Crippen LogP) is 1.03. The highest BCUT2D eigenvalue weighted by atomic mass is 35.5. The minimum atomic E-state index is -2.94. The fourth-order valence-corrected chi connectivity index (χ4v) is 1.36. The summed E-state index contributed by atoms with van der Waals surface area (Å²) in [6.07, 6.45) is 0. The number of ether oxygens (including phenoxy) is 1. The Morgan fingerprint density at radius 1 is 1.33 bits per heavy atom. The summed E-state index contributed by atoms with van der Waals surface area (Å²) < 4.78 is 28.7. The number of amides is 2. The summed E-state index contributed by atoms with van der Waals surface area (Å²) in [6, 6.07) is 4.35. The van der Waals surface area contributed by atoms with Crippen molar-refractivity contribution in [2.45, 2.75) is 13.5 Å². The molecule has 1 aromatic carbocycles. The first kappa shape index (κ1) is 19.1. The zero-order chi connectivity index (χ0) is 15.1. The van der Waals surface area contributed by atoms with Crippen molar-refractivity contribution in [3.63, 3.8) is 0 Å². The molecule has 0 spiro atoms. The van der Waals surface area contributed by atoms with Crippen molar-refractivity contribution < 1.29 is 23.1 Å². The molecule has 0 unspecified atom stereocenters. The average Bonchev–Trinajstić information content (AvgIpc) is 2.39. The number of hydrogen-bond acceptors (Lipinski definition) is 4. The zero-order valence-corrected chi connectivity index (χ0v) is 12.0. The Kier molecular flexibility index (Phi) is 8.25. The number of rotatable bonds is 6. The molecule has 1 rings (SSSR count). The number of aryl methyl sites for hydroxylation is 1. The smallest absolute Gasteiger partial charge is 0.387 e. The van der Waals surface area contributed by atoms with Gasteiger partial charge in [-0.05, 0) is 18.6 Å². The van der Waals surface area contributed by atoms with E-state index in [0.717, 1.165) is 0 Å². The summed E-state index contributed by atoms with van der Waals surface area (Å²) in [5.41, 5.74) is 5.87. The van der Waals surface area contributed by atoms with Crippen LogP contribution in [0.1, 0.15) is 5.56 Å². The number of hydrogen-bond donors (Lipinski definition) is 3. The van der Waals surface area contributed by atoms with Crippen LogP contribution in [0.2, 0.25) is 0 Å². The summed E-state index contributed by atoms with van der Waals surface area (Å²) in [6.45, 7) is -1.81. The van der Waals surface area contributed by atoms with Crippen molar-refractivity contribution in [2.24, 2.45) is 5.73 Å². The summed E-state index contributed by atoms with van der Waals surface area (Å²) in [7, 11) is 0. The molecule has 0 bridgehead atoms. The molecule has 4 N–H and O–H groups in total. The van der Waals surface area contributed by atoms with Crippen LogP contribution in [0.15, 0.2) is 18.2 Å². The third-order valence-electron chi connectivity index (χ3n) is 2.32. The van der Waals surface area contributed by atoms with Crippen LogP contribution in [0.3, 0.4) is 0 Å². The number of carbonyl (C=O) groups is 2. The van der Waals surface area contributed by atoms with E-state index >= 15 is 0 Å². The quantitative estimate of drug-likeness (QED) is 0.729. The lowest BCUT2D eigenvalue weighted by Crippen LogP contribution is -2.36. The standard InChI is InChI=1S/C12H15F2N3O3.ClH/c1-7-2-3-8(4-9(7)20-12(13)14)17-11(19)6-16-10(18)5-15;/h2-4,12H,5-6,15H2,1H3,(H,16,18)(H,17,19);1H. The second kappa shape index (κ2) is 9.09. The monoisotopic (exact) mass is 323 g/mol.